The minimum Gasteiger partial charge on any atom is -0.341 e. The van der Waals surface area contributed by atoms with E-state index in [-0.39, 0.29) is 10.8 Å². The van der Waals surface area contributed by atoms with E-state index >= 15 is 0 Å². The second-order valence-corrected chi connectivity index (χ2v) is 6.78. The van der Waals surface area contributed by atoms with Crippen LogP contribution in [0.5, 0.6) is 0 Å². The van der Waals surface area contributed by atoms with Crippen LogP contribution in [0.2, 0.25) is 0 Å². The van der Waals surface area contributed by atoms with Crippen molar-refractivity contribution in [2.45, 2.75) is 32.1 Å². The molecule has 0 aliphatic rings. The highest BCUT2D eigenvalue weighted by Gasteiger charge is 2.18. The van der Waals surface area contributed by atoms with E-state index in [1.54, 1.807) is 24.9 Å². The Hall–Kier alpha value is -1.40. The molecule has 0 aliphatic carbocycles. The first-order valence-corrected chi connectivity index (χ1v) is 8.10. The molecule has 112 valence electrons. The van der Waals surface area contributed by atoms with Gasteiger partial charge in [-0.25, -0.2) is 13.6 Å². The standard InChI is InChI=1S/C14H22N2O3S/c1-5-10(2)9-16(4)14(17)13-8-12(20(15,18)19)7-6-11(13)3/h6-8,10H,5,9H2,1-4H3,(H2,15,18,19). The van der Waals surface area contributed by atoms with Crippen LogP contribution in [-0.2, 0) is 10.0 Å². The SMILES string of the molecule is CCC(C)CN(C)C(=O)c1cc(S(N)(=O)=O)ccc1C. The Balaban J connectivity index is 3.09. The highest BCUT2D eigenvalue weighted by Crippen LogP contribution is 2.17. The van der Waals surface area contributed by atoms with Crippen LogP contribution in [0.15, 0.2) is 23.1 Å². The van der Waals surface area contributed by atoms with E-state index in [1.807, 2.05) is 0 Å². The Morgan fingerprint density at radius 2 is 2.00 bits per heavy atom. The van der Waals surface area contributed by atoms with Gasteiger partial charge in [0.05, 0.1) is 4.90 Å². The van der Waals surface area contributed by atoms with Crippen LogP contribution in [0.3, 0.4) is 0 Å². The van der Waals surface area contributed by atoms with Gasteiger partial charge in [0.15, 0.2) is 0 Å². The van der Waals surface area contributed by atoms with Crippen molar-refractivity contribution >= 4 is 15.9 Å². The van der Waals surface area contributed by atoms with Gasteiger partial charge in [-0.05, 0) is 30.5 Å². The van der Waals surface area contributed by atoms with Gasteiger partial charge in [0.25, 0.3) is 5.91 Å². The van der Waals surface area contributed by atoms with Crippen molar-refractivity contribution in [1.82, 2.24) is 4.90 Å². The van der Waals surface area contributed by atoms with Gasteiger partial charge in [-0.15, -0.1) is 0 Å². The number of amides is 1. The second-order valence-electron chi connectivity index (χ2n) is 5.22. The van der Waals surface area contributed by atoms with E-state index in [2.05, 4.69) is 13.8 Å². The van der Waals surface area contributed by atoms with Crippen molar-refractivity contribution in [2.24, 2.45) is 11.1 Å². The van der Waals surface area contributed by atoms with Gasteiger partial charge in [0.1, 0.15) is 0 Å². The molecule has 0 heterocycles. The largest absolute Gasteiger partial charge is 0.341 e. The fourth-order valence-electron chi connectivity index (χ4n) is 1.89. The van der Waals surface area contributed by atoms with E-state index in [9.17, 15) is 13.2 Å². The van der Waals surface area contributed by atoms with Crippen molar-refractivity contribution < 1.29 is 13.2 Å². The summed E-state index contributed by atoms with van der Waals surface area (Å²) >= 11 is 0. The zero-order valence-corrected chi connectivity index (χ0v) is 13.2. The van der Waals surface area contributed by atoms with Gasteiger partial charge in [0, 0.05) is 19.2 Å². The molecule has 0 spiro atoms. The first-order valence-electron chi connectivity index (χ1n) is 6.55. The fourth-order valence-corrected chi connectivity index (χ4v) is 2.43. The molecule has 0 bridgehead atoms. The quantitative estimate of drug-likeness (QED) is 0.899. The van der Waals surface area contributed by atoms with Gasteiger partial charge >= 0.3 is 0 Å². The summed E-state index contributed by atoms with van der Waals surface area (Å²) in [6, 6.07) is 4.36. The third-order valence-corrected chi connectivity index (χ3v) is 4.31. The summed E-state index contributed by atoms with van der Waals surface area (Å²) in [5, 5.41) is 5.10. The van der Waals surface area contributed by atoms with Gasteiger partial charge < -0.3 is 4.90 Å². The number of nitrogens with zero attached hydrogens (tertiary/aromatic N) is 1. The number of hydrogen-bond donors (Lipinski definition) is 1. The Labute approximate surface area is 120 Å². The van der Waals surface area contributed by atoms with Crippen LogP contribution in [0.25, 0.3) is 0 Å². The van der Waals surface area contributed by atoms with Crippen LogP contribution in [0, 0.1) is 12.8 Å². The normalized spacial score (nSPS) is 13.1. The maximum absolute atomic E-state index is 12.4. The van der Waals surface area contributed by atoms with Gasteiger partial charge in [-0.1, -0.05) is 26.3 Å². The number of nitrogens with two attached hydrogens (primary N) is 1. The van der Waals surface area contributed by atoms with E-state index in [0.717, 1.165) is 12.0 Å². The summed E-state index contributed by atoms with van der Waals surface area (Å²) in [5.74, 6) is 0.207. The lowest BCUT2D eigenvalue weighted by Gasteiger charge is -2.22. The molecular formula is C14H22N2O3S. The number of primary sulfonamides is 1. The Morgan fingerprint density at radius 3 is 2.50 bits per heavy atom. The molecule has 1 amide bonds. The Kier molecular flexibility index (Phi) is 5.30. The number of carbonyl (C=O) groups excluding carboxylic acids is 1. The molecule has 6 heteroatoms. The smallest absolute Gasteiger partial charge is 0.253 e. The lowest BCUT2D eigenvalue weighted by molar-refractivity contribution is 0.0774. The minimum absolute atomic E-state index is 0.0385. The lowest BCUT2D eigenvalue weighted by atomic mass is 10.1. The maximum atomic E-state index is 12.4. The van der Waals surface area contributed by atoms with Crippen LogP contribution >= 0.6 is 0 Å². The van der Waals surface area contributed by atoms with E-state index < -0.39 is 10.0 Å². The number of hydrogen-bond acceptors (Lipinski definition) is 3. The highest BCUT2D eigenvalue weighted by atomic mass is 32.2. The van der Waals surface area contributed by atoms with Gasteiger partial charge in [0.2, 0.25) is 10.0 Å². The number of aryl methyl sites for hydroxylation is 1. The van der Waals surface area contributed by atoms with Crippen molar-refractivity contribution in [3.8, 4) is 0 Å². The maximum Gasteiger partial charge on any atom is 0.253 e. The van der Waals surface area contributed by atoms with Crippen molar-refractivity contribution in [3.05, 3.63) is 29.3 Å². The lowest BCUT2D eigenvalue weighted by Crippen LogP contribution is -2.31. The van der Waals surface area contributed by atoms with E-state index in [0.29, 0.717) is 18.0 Å². The molecule has 0 saturated heterocycles. The molecule has 1 atom stereocenters. The molecule has 1 aromatic carbocycles. The molecule has 20 heavy (non-hydrogen) atoms. The van der Waals surface area contributed by atoms with Crippen molar-refractivity contribution in [3.63, 3.8) is 0 Å². The summed E-state index contributed by atoms with van der Waals surface area (Å²) in [6.07, 6.45) is 0.980. The van der Waals surface area contributed by atoms with Crippen LogP contribution < -0.4 is 5.14 Å². The molecule has 0 radical (unpaired) electrons. The Morgan fingerprint density at radius 1 is 1.40 bits per heavy atom. The molecule has 0 aromatic heterocycles. The molecule has 2 N–H and O–H groups in total. The second kappa shape index (κ2) is 6.37. The van der Waals surface area contributed by atoms with Gasteiger partial charge in [-0.3, -0.25) is 4.79 Å². The highest BCUT2D eigenvalue weighted by molar-refractivity contribution is 7.89. The van der Waals surface area contributed by atoms with Gasteiger partial charge in [-0.2, -0.15) is 0 Å². The average molecular weight is 298 g/mol. The van der Waals surface area contributed by atoms with Crippen LogP contribution in [0.4, 0.5) is 0 Å². The predicted molar refractivity (Wildman–Crippen MR) is 79.0 cm³/mol. The molecule has 5 nitrogen and oxygen atoms in total. The monoisotopic (exact) mass is 298 g/mol. The van der Waals surface area contributed by atoms with Crippen LogP contribution in [-0.4, -0.2) is 32.8 Å². The molecule has 1 unspecified atom stereocenters. The molecular weight excluding hydrogens is 276 g/mol. The average Bonchev–Trinajstić information content (AvgIpc) is 2.36. The summed E-state index contributed by atoms with van der Waals surface area (Å²) < 4.78 is 22.7. The first kappa shape index (κ1) is 16.7. The van der Waals surface area contributed by atoms with Crippen LogP contribution in [0.1, 0.15) is 36.2 Å². The van der Waals surface area contributed by atoms with Crippen molar-refractivity contribution in [2.75, 3.05) is 13.6 Å². The molecule has 0 fully saturated rings. The molecule has 1 aromatic rings. The summed E-state index contributed by atoms with van der Waals surface area (Å²) in [4.78, 5) is 14.0. The first-order chi connectivity index (χ1) is 9.16. The zero-order valence-electron chi connectivity index (χ0n) is 12.4. The minimum atomic E-state index is -3.80. The topological polar surface area (TPSA) is 80.5 Å². The van der Waals surface area contributed by atoms with Crippen molar-refractivity contribution in [1.29, 1.82) is 0 Å². The fraction of sp³-hybridized carbons (Fsp3) is 0.500. The summed E-state index contributed by atoms with van der Waals surface area (Å²) in [6.45, 7) is 6.54. The molecule has 1 rings (SSSR count). The number of carbonyl (C=O) groups is 1. The third kappa shape index (κ3) is 4.05. The summed E-state index contributed by atoms with van der Waals surface area (Å²) in [7, 11) is -2.08. The van der Waals surface area contributed by atoms with E-state index in [1.165, 1.54) is 12.1 Å². The predicted octanol–water partition coefficient (Wildman–Crippen LogP) is 1.76. The number of rotatable bonds is 5. The number of benzene rings is 1. The molecule has 0 saturated carbocycles. The summed E-state index contributed by atoms with van der Waals surface area (Å²) in [5.41, 5.74) is 1.11. The van der Waals surface area contributed by atoms with E-state index in [4.69, 9.17) is 5.14 Å². The zero-order chi connectivity index (χ0) is 15.5. The third-order valence-electron chi connectivity index (χ3n) is 3.40. The number of sulfonamides is 1. The molecule has 0 aliphatic heterocycles. The Bertz CT molecular complexity index is 596.